The average Bonchev–Trinajstić information content (AvgIpc) is 1.36. The molecule has 0 unspecified atom stereocenters. The van der Waals surface area contributed by atoms with Gasteiger partial charge in [0.25, 0.3) is 0 Å². The van der Waals surface area contributed by atoms with Crippen LogP contribution in [0.15, 0.2) is 0 Å². The van der Waals surface area contributed by atoms with Gasteiger partial charge < -0.3 is 5.11 Å². The zero-order valence-electron chi connectivity index (χ0n) is 3.97. The normalized spacial score (nSPS) is 6.43. The van der Waals surface area contributed by atoms with Crippen molar-refractivity contribution in [1.29, 1.82) is 0 Å². The first kappa shape index (κ1) is 9.90. The number of rotatable bonds is 1. The Morgan fingerprint density at radius 2 is 1.57 bits per heavy atom. The van der Waals surface area contributed by atoms with E-state index in [9.17, 15) is 9.59 Å². The largest absolute Gasteiger partial charge is 0.476 e. The van der Waals surface area contributed by atoms with Crippen LogP contribution in [0, 0.1) is 0 Å². The van der Waals surface area contributed by atoms with Crippen molar-refractivity contribution < 1.29 is 34.2 Å². The first-order valence-corrected chi connectivity index (χ1v) is 1.38. The molecule has 0 spiro atoms. The van der Waals surface area contributed by atoms with Crippen LogP contribution < -0.4 is 0 Å². The summed E-state index contributed by atoms with van der Waals surface area (Å²) in [5, 5.41) is 7.64. The number of ketones is 1. The van der Waals surface area contributed by atoms with Crippen LogP contribution in [0.5, 0.6) is 0 Å². The van der Waals surface area contributed by atoms with Crippen molar-refractivity contribution in [3.05, 3.63) is 0 Å². The molecule has 0 aliphatic rings. The van der Waals surface area contributed by atoms with E-state index >= 15 is 0 Å². The van der Waals surface area contributed by atoms with Gasteiger partial charge in [-0.25, -0.2) is 4.79 Å². The predicted octanol–water partition coefficient (Wildman–Crippen LogP) is -0.343. The summed E-state index contributed by atoms with van der Waals surface area (Å²) in [7, 11) is 0. The molecule has 0 heterocycles. The smallest absolute Gasteiger partial charge is 0.371 e. The van der Waals surface area contributed by atoms with Crippen LogP contribution in [-0.4, -0.2) is 16.9 Å². The van der Waals surface area contributed by atoms with E-state index < -0.39 is 11.8 Å². The quantitative estimate of drug-likeness (QED) is 0.414. The van der Waals surface area contributed by atoms with Crippen molar-refractivity contribution in [2.45, 2.75) is 6.92 Å². The van der Waals surface area contributed by atoms with E-state index in [1.165, 1.54) is 0 Å². The Bertz CT molecular complexity index is 76.2. The Morgan fingerprint density at radius 3 is 1.57 bits per heavy atom. The third kappa shape index (κ3) is 5.76. The summed E-state index contributed by atoms with van der Waals surface area (Å²) in [4.78, 5) is 18.9. The number of aliphatic carboxylic acids is 1. The summed E-state index contributed by atoms with van der Waals surface area (Å²) >= 11 is 0. The van der Waals surface area contributed by atoms with Gasteiger partial charge in [0.2, 0.25) is 5.78 Å². The standard InChI is InChI=1S/C3H4O3.Zn/c1-2(4)3(5)6;/h1H3,(H,5,6);. The minimum Gasteiger partial charge on any atom is -0.476 e. The van der Waals surface area contributed by atoms with Crippen LogP contribution >= 0.6 is 0 Å². The second-order valence-electron chi connectivity index (χ2n) is 0.861. The van der Waals surface area contributed by atoms with E-state index in [2.05, 4.69) is 0 Å². The topological polar surface area (TPSA) is 54.4 Å². The van der Waals surface area contributed by atoms with Gasteiger partial charge in [-0.15, -0.1) is 0 Å². The average molecular weight is 153 g/mol. The fraction of sp³-hybridized carbons (Fsp3) is 0.333. The zero-order chi connectivity index (χ0) is 5.15. The molecule has 0 aromatic heterocycles. The molecule has 0 atom stereocenters. The Kier molecular flexibility index (Phi) is 5.57. The maximum atomic E-state index is 9.54. The minimum absolute atomic E-state index is 0. The Hall–Kier alpha value is -0.237. The molecule has 0 fully saturated rings. The van der Waals surface area contributed by atoms with Crippen molar-refractivity contribution in [3.8, 4) is 0 Å². The number of carbonyl (C=O) groups excluding carboxylic acids is 1. The first-order valence-electron chi connectivity index (χ1n) is 1.38. The van der Waals surface area contributed by atoms with Crippen LogP contribution in [0.25, 0.3) is 0 Å². The fourth-order valence-corrected chi connectivity index (χ4v) is 0. The van der Waals surface area contributed by atoms with E-state index in [0.717, 1.165) is 6.92 Å². The number of carboxylic acids is 1. The molecule has 0 aliphatic carbocycles. The first-order chi connectivity index (χ1) is 2.64. The summed E-state index contributed by atoms with van der Waals surface area (Å²) in [6, 6.07) is 0. The molecule has 0 rings (SSSR count). The predicted molar refractivity (Wildman–Crippen MR) is 18.3 cm³/mol. The third-order valence-corrected chi connectivity index (χ3v) is 0.301. The molecule has 4 heteroatoms. The molecular weight excluding hydrogens is 149 g/mol. The molecule has 0 amide bonds. The summed E-state index contributed by atoms with van der Waals surface area (Å²) in [6.07, 6.45) is 0. The van der Waals surface area contributed by atoms with Gasteiger partial charge in [0.05, 0.1) is 0 Å². The van der Waals surface area contributed by atoms with Gasteiger partial charge in [-0.2, -0.15) is 0 Å². The zero-order valence-corrected chi connectivity index (χ0v) is 6.94. The van der Waals surface area contributed by atoms with Crippen molar-refractivity contribution in [3.63, 3.8) is 0 Å². The molecule has 36 valence electrons. The van der Waals surface area contributed by atoms with Crippen LogP contribution in [0.1, 0.15) is 6.92 Å². The molecule has 0 saturated heterocycles. The molecule has 0 radical (unpaired) electrons. The second kappa shape index (κ2) is 3.94. The second-order valence-corrected chi connectivity index (χ2v) is 0.861. The molecule has 0 aromatic carbocycles. The van der Waals surface area contributed by atoms with Gasteiger partial charge in [-0.1, -0.05) is 0 Å². The number of carbonyl (C=O) groups is 2. The van der Waals surface area contributed by atoms with Gasteiger partial charge in [0, 0.05) is 26.4 Å². The van der Waals surface area contributed by atoms with Crippen molar-refractivity contribution in [1.82, 2.24) is 0 Å². The van der Waals surface area contributed by atoms with Crippen LogP contribution in [-0.2, 0) is 29.1 Å². The molecule has 1 N–H and O–H groups in total. The molecular formula is C3H4O3Zn. The summed E-state index contributed by atoms with van der Waals surface area (Å²) in [5.74, 6) is -2.20. The van der Waals surface area contributed by atoms with Gasteiger partial charge in [-0.3, -0.25) is 4.79 Å². The monoisotopic (exact) mass is 152 g/mol. The number of hydrogen-bond donors (Lipinski definition) is 1. The van der Waals surface area contributed by atoms with Gasteiger partial charge >= 0.3 is 5.97 Å². The summed E-state index contributed by atoms with van der Waals surface area (Å²) in [6.45, 7) is 1.00. The molecule has 0 bridgehead atoms. The number of hydrogen-bond acceptors (Lipinski definition) is 2. The molecule has 0 saturated carbocycles. The molecule has 3 nitrogen and oxygen atoms in total. The molecule has 7 heavy (non-hydrogen) atoms. The van der Waals surface area contributed by atoms with E-state index in [1.807, 2.05) is 0 Å². The van der Waals surface area contributed by atoms with Gasteiger partial charge in [0.15, 0.2) is 0 Å². The van der Waals surface area contributed by atoms with Gasteiger partial charge in [0.1, 0.15) is 0 Å². The number of carboxylic acid groups (broad SMARTS) is 1. The Balaban J connectivity index is 0. The van der Waals surface area contributed by atoms with E-state index in [4.69, 9.17) is 5.11 Å². The van der Waals surface area contributed by atoms with Crippen molar-refractivity contribution in [2.75, 3.05) is 0 Å². The van der Waals surface area contributed by atoms with Crippen LogP contribution in [0.3, 0.4) is 0 Å². The Labute approximate surface area is 53.5 Å². The Morgan fingerprint density at radius 1 is 1.43 bits per heavy atom. The fourth-order valence-electron chi connectivity index (χ4n) is 0. The van der Waals surface area contributed by atoms with E-state index in [-0.39, 0.29) is 19.5 Å². The summed E-state index contributed by atoms with van der Waals surface area (Å²) < 4.78 is 0. The molecule has 0 aromatic rings. The minimum atomic E-state index is -1.38. The molecule has 0 aliphatic heterocycles. The van der Waals surface area contributed by atoms with Crippen LogP contribution in [0.2, 0.25) is 0 Å². The third-order valence-electron chi connectivity index (χ3n) is 0.301. The summed E-state index contributed by atoms with van der Waals surface area (Å²) in [5.41, 5.74) is 0. The van der Waals surface area contributed by atoms with E-state index in [1.54, 1.807) is 0 Å². The SMILES string of the molecule is CC(=O)C(=O)O.[Zn]. The van der Waals surface area contributed by atoms with Crippen LogP contribution in [0.4, 0.5) is 0 Å². The van der Waals surface area contributed by atoms with E-state index in [0.29, 0.717) is 0 Å². The maximum absolute atomic E-state index is 9.54. The number of Topliss-reactive ketones (excluding diaryl/α,β-unsaturated/α-hetero) is 1. The van der Waals surface area contributed by atoms with Gasteiger partial charge in [-0.05, 0) is 0 Å². The van der Waals surface area contributed by atoms with Crippen molar-refractivity contribution in [2.24, 2.45) is 0 Å². The maximum Gasteiger partial charge on any atom is 0.371 e. The van der Waals surface area contributed by atoms with Crippen molar-refractivity contribution >= 4 is 11.8 Å².